The van der Waals surface area contributed by atoms with E-state index in [-0.39, 0.29) is 29.6 Å². The van der Waals surface area contributed by atoms with Crippen LogP contribution in [-0.2, 0) is 0 Å². The van der Waals surface area contributed by atoms with Gasteiger partial charge in [-0.3, -0.25) is 15.0 Å². The Morgan fingerprint density at radius 1 is 1.28 bits per heavy atom. The number of urea groups is 1. The molecule has 3 N–H and O–H groups in total. The average molecular weight is 393 g/mol. The lowest BCUT2D eigenvalue weighted by Crippen LogP contribution is -2.48. The number of aromatic amines is 1. The predicted octanol–water partition coefficient (Wildman–Crippen LogP) is 1.13. The van der Waals surface area contributed by atoms with Gasteiger partial charge in [-0.05, 0) is 25.5 Å². The van der Waals surface area contributed by atoms with Crippen LogP contribution in [0.1, 0.15) is 23.8 Å². The largest absolute Gasteiger partial charge is 0.366 e. The second kappa shape index (κ2) is 6.69. The highest BCUT2D eigenvalue weighted by Crippen LogP contribution is 2.39. The quantitative estimate of drug-likeness (QED) is 0.608. The van der Waals surface area contributed by atoms with Crippen LogP contribution in [0.5, 0.6) is 0 Å². The molecule has 1 unspecified atom stereocenters. The van der Waals surface area contributed by atoms with E-state index in [1.54, 1.807) is 17.2 Å². The summed E-state index contributed by atoms with van der Waals surface area (Å²) in [6.07, 6.45) is 3.91. The lowest BCUT2D eigenvalue weighted by molar-refractivity contribution is 0.0951. The van der Waals surface area contributed by atoms with Crippen molar-refractivity contribution in [2.75, 3.05) is 34.8 Å². The Bertz CT molecular complexity index is 1110. The molecule has 2 aliphatic rings. The third-order valence-electron chi connectivity index (χ3n) is 5.13. The first-order chi connectivity index (χ1) is 14.1. The molecule has 148 valence electrons. The number of anilines is 3. The number of amides is 3. The van der Waals surface area contributed by atoms with Crippen molar-refractivity contribution in [2.45, 2.75) is 19.4 Å². The van der Waals surface area contributed by atoms with Gasteiger partial charge in [-0.1, -0.05) is 0 Å². The maximum atomic E-state index is 13.1. The van der Waals surface area contributed by atoms with E-state index < -0.39 is 0 Å². The number of H-pyrrole nitrogens is 1. The summed E-state index contributed by atoms with van der Waals surface area (Å²) in [5, 5.41) is 5.48. The molecule has 0 aliphatic carbocycles. The highest BCUT2D eigenvalue weighted by atomic mass is 16.2. The molecule has 2 aliphatic heterocycles. The van der Waals surface area contributed by atoms with Crippen molar-refractivity contribution in [2.24, 2.45) is 0 Å². The first kappa shape index (κ1) is 17.3. The van der Waals surface area contributed by atoms with E-state index in [2.05, 4.69) is 40.5 Å². The number of nitrogens with one attached hydrogen (secondary N) is 3. The average Bonchev–Trinajstić information content (AvgIpc) is 3.35. The van der Waals surface area contributed by atoms with Crippen LogP contribution in [0.3, 0.4) is 0 Å². The number of hydrogen-bond acceptors (Lipinski definition) is 7. The number of fused-ring (bicyclic) bond motifs is 5. The first-order valence-corrected chi connectivity index (χ1v) is 9.44. The van der Waals surface area contributed by atoms with Crippen molar-refractivity contribution >= 4 is 40.6 Å². The van der Waals surface area contributed by atoms with Gasteiger partial charge in [0.1, 0.15) is 11.2 Å². The molecule has 2 bridgehead atoms. The van der Waals surface area contributed by atoms with Gasteiger partial charge in [0, 0.05) is 19.6 Å². The molecule has 11 nitrogen and oxygen atoms in total. The van der Waals surface area contributed by atoms with Crippen LogP contribution in [0.2, 0.25) is 0 Å². The van der Waals surface area contributed by atoms with Crippen LogP contribution < -0.4 is 20.4 Å². The number of pyridine rings is 1. The Labute approximate surface area is 165 Å². The summed E-state index contributed by atoms with van der Waals surface area (Å²) in [5.41, 5.74) is 2.27. The van der Waals surface area contributed by atoms with Crippen LogP contribution in [0, 0.1) is 0 Å². The van der Waals surface area contributed by atoms with E-state index in [4.69, 9.17) is 0 Å². The number of aromatic nitrogens is 5. The molecule has 0 saturated carbocycles. The maximum Gasteiger partial charge on any atom is 0.330 e. The monoisotopic (exact) mass is 393 g/mol. The number of imidazole rings is 1. The summed E-state index contributed by atoms with van der Waals surface area (Å²) in [7, 11) is 0. The van der Waals surface area contributed by atoms with E-state index in [0.29, 0.717) is 23.5 Å². The maximum absolute atomic E-state index is 13.1. The molecule has 0 spiro atoms. The van der Waals surface area contributed by atoms with Gasteiger partial charge < -0.3 is 15.2 Å². The van der Waals surface area contributed by atoms with E-state index in [9.17, 15) is 9.59 Å². The SMILES string of the molecule is CCNC(=O)c1ccc2c(n1)N(C(=O)Nc1ncc3[nH]cnc3n1)C1CCN2C1. The van der Waals surface area contributed by atoms with Crippen LogP contribution in [0.15, 0.2) is 24.7 Å². The molecule has 0 aromatic carbocycles. The van der Waals surface area contributed by atoms with Gasteiger partial charge in [0.25, 0.3) is 5.91 Å². The van der Waals surface area contributed by atoms with Gasteiger partial charge in [0.15, 0.2) is 11.5 Å². The lowest BCUT2D eigenvalue weighted by Gasteiger charge is -2.35. The first-order valence-electron chi connectivity index (χ1n) is 9.44. The van der Waals surface area contributed by atoms with Crippen molar-refractivity contribution in [3.05, 3.63) is 30.4 Å². The third-order valence-corrected chi connectivity index (χ3v) is 5.13. The molecule has 5 rings (SSSR count). The Kier molecular flexibility index (Phi) is 4.00. The lowest BCUT2D eigenvalue weighted by atomic mass is 10.1. The minimum absolute atomic E-state index is 0.0337. The summed E-state index contributed by atoms with van der Waals surface area (Å²) in [6.45, 7) is 3.91. The van der Waals surface area contributed by atoms with Gasteiger partial charge in [-0.25, -0.2) is 19.7 Å². The molecule has 1 saturated heterocycles. The van der Waals surface area contributed by atoms with Gasteiger partial charge in [0.05, 0.1) is 24.3 Å². The van der Waals surface area contributed by atoms with Crippen molar-refractivity contribution in [1.82, 2.24) is 30.2 Å². The molecule has 1 fully saturated rings. The summed E-state index contributed by atoms with van der Waals surface area (Å²) in [6, 6.07) is 3.12. The number of carbonyl (C=O) groups excluding carboxylic acids is 2. The van der Waals surface area contributed by atoms with E-state index >= 15 is 0 Å². The van der Waals surface area contributed by atoms with Gasteiger partial charge in [-0.15, -0.1) is 0 Å². The number of nitrogens with zero attached hydrogens (tertiary/aromatic N) is 6. The number of carbonyl (C=O) groups is 2. The van der Waals surface area contributed by atoms with Gasteiger partial charge in [0.2, 0.25) is 5.95 Å². The van der Waals surface area contributed by atoms with Crippen molar-refractivity contribution in [3.8, 4) is 0 Å². The van der Waals surface area contributed by atoms with Crippen LogP contribution >= 0.6 is 0 Å². The third kappa shape index (κ3) is 2.91. The molecule has 11 heteroatoms. The van der Waals surface area contributed by atoms with Gasteiger partial charge >= 0.3 is 6.03 Å². The minimum atomic E-state index is -0.381. The molecule has 0 radical (unpaired) electrons. The van der Waals surface area contributed by atoms with Crippen LogP contribution in [0.4, 0.5) is 22.2 Å². The van der Waals surface area contributed by atoms with Crippen molar-refractivity contribution < 1.29 is 9.59 Å². The molecule has 29 heavy (non-hydrogen) atoms. The zero-order chi connectivity index (χ0) is 20.0. The van der Waals surface area contributed by atoms with E-state index in [0.717, 1.165) is 25.2 Å². The van der Waals surface area contributed by atoms with E-state index in [1.807, 2.05) is 13.0 Å². The number of hydrogen-bond donors (Lipinski definition) is 3. The van der Waals surface area contributed by atoms with Gasteiger partial charge in [-0.2, -0.15) is 4.98 Å². The normalized spacial score (nSPS) is 17.3. The molecule has 1 atom stereocenters. The number of rotatable bonds is 3. The second-order valence-electron chi connectivity index (χ2n) is 6.92. The summed E-state index contributed by atoms with van der Waals surface area (Å²) in [5.74, 6) is 0.369. The summed E-state index contributed by atoms with van der Waals surface area (Å²) < 4.78 is 0. The highest BCUT2D eigenvalue weighted by molar-refractivity contribution is 6.04. The molecular formula is C18H19N9O2. The zero-order valence-corrected chi connectivity index (χ0v) is 15.7. The molecule has 3 amide bonds. The van der Waals surface area contributed by atoms with Crippen LogP contribution in [0.25, 0.3) is 11.2 Å². The summed E-state index contributed by atoms with van der Waals surface area (Å²) >= 11 is 0. The smallest absolute Gasteiger partial charge is 0.330 e. The topological polar surface area (TPSA) is 132 Å². The highest BCUT2D eigenvalue weighted by Gasteiger charge is 2.40. The van der Waals surface area contributed by atoms with Crippen LogP contribution in [-0.4, -0.2) is 62.5 Å². The molecule has 3 aromatic heterocycles. The van der Waals surface area contributed by atoms with Crippen molar-refractivity contribution in [1.29, 1.82) is 0 Å². The fourth-order valence-corrected chi connectivity index (χ4v) is 3.80. The standard InChI is InChI=1S/C18H19N9O2/c1-2-19-16(28)11-3-4-13-15(23-11)27(10-5-6-26(13)8-10)18(29)25-17-20-7-12-14(24-17)22-9-21-12/h3-4,7,9-10H,2,5-6,8H2,1H3,(H,19,28)(H2,20,21,22,24,25,29). The molecule has 5 heterocycles. The van der Waals surface area contributed by atoms with Crippen molar-refractivity contribution in [3.63, 3.8) is 0 Å². The Morgan fingerprint density at radius 3 is 3.03 bits per heavy atom. The Balaban J connectivity index is 1.48. The Hall–Kier alpha value is -3.76. The van der Waals surface area contributed by atoms with E-state index in [1.165, 1.54) is 6.33 Å². The second-order valence-corrected chi connectivity index (χ2v) is 6.92. The zero-order valence-electron chi connectivity index (χ0n) is 15.7. The Morgan fingerprint density at radius 2 is 2.17 bits per heavy atom. The fourth-order valence-electron chi connectivity index (χ4n) is 3.80. The predicted molar refractivity (Wildman–Crippen MR) is 106 cm³/mol. The minimum Gasteiger partial charge on any atom is -0.366 e. The fraction of sp³-hybridized carbons (Fsp3) is 0.333. The summed E-state index contributed by atoms with van der Waals surface area (Å²) in [4.78, 5) is 49.1. The molecular weight excluding hydrogens is 374 g/mol. The molecule has 3 aromatic rings.